The predicted molar refractivity (Wildman–Crippen MR) is 136 cm³/mol. The minimum absolute atomic E-state index is 0.445. The lowest BCUT2D eigenvalue weighted by Crippen LogP contribution is -2.51. The van der Waals surface area contributed by atoms with Crippen LogP contribution in [0.5, 0.6) is 0 Å². The van der Waals surface area contributed by atoms with Crippen LogP contribution >= 0.6 is 47.0 Å². The molecular weight excluding hydrogens is 513 g/mol. The van der Waals surface area contributed by atoms with Gasteiger partial charge in [0.15, 0.2) is 21.1 Å². The average Bonchev–Trinajstić information content (AvgIpc) is 3.00. The normalized spacial score (nSPS) is 13.1. The lowest BCUT2D eigenvalue weighted by atomic mass is 10.3. The molecule has 2 aromatic carbocycles. The van der Waals surface area contributed by atoms with Crippen LogP contribution in [0.4, 0.5) is 5.69 Å². The molecular formula is C23H16Cl3N7S. The molecule has 170 valence electrons. The molecule has 0 aliphatic carbocycles. The second kappa shape index (κ2) is 9.68. The minimum atomic E-state index is 0.445. The van der Waals surface area contributed by atoms with Crippen molar-refractivity contribution in [2.75, 3.05) is 18.5 Å². The third kappa shape index (κ3) is 4.37. The summed E-state index contributed by atoms with van der Waals surface area (Å²) in [5.74, 6) is 0.611. The molecule has 5 rings (SSSR count). The summed E-state index contributed by atoms with van der Waals surface area (Å²) in [5, 5.41) is 6.78. The highest BCUT2D eigenvalue weighted by molar-refractivity contribution is 7.71. The predicted octanol–water partition coefficient (Wildman–Crippen LogP) is 4.53. The molecule has 0 saturated carbocycles. The average molecular weight is 529 g/mol. The zero-order chi connectivity index (χ0) is 23.7. The lowest BCUT2D eigenvalue weighted by molar-refractivity contribution is 0.744. The molecule has 3 heterocycles. The molecule has 11 heteroatoms. The second-order valence-corrected chi connectivity index (χ2v) is 8.87. The summed E-state index contributed by atoms with van der Waals surface area (Å²) >= 11 is 24.6. The van der Waals surface area contributed by atoms with Crippen molar-refractivity contribution in [3.8, 4) is 11.5 Å². The Hall–Kier alpha value is -3.04. The Morgan fingerprint density at radius 2 is 1.56 bits per heavy atom. The van der Waals surface area contributed by atoms with Gasteiger partial charge in [-0.15, -0.1) is 0 Å². The first-order valence-corrected chi connectivity index (χ1v) is 11.8. The van der Waals surface area contributed by atoms with Gasteiger partial charge in [-0.05, 0) is 66.8 Å². The molecule has 0 atom stereocenters. The summed E-state index contributed by atoms with van der Waals surface area (Å²) in [6, 6.07) is 18.0. The van der Waals surface area contributed by atoms with Crippen LogP contribution in [0.1, 0.15) is 0 Å². The zero-order valence-corrected chi connectivity index (χ0v) is 20.6. The van der Waals surface area contributed by atoms with E-state index < -0.39 is 0 Å². The summed E-state index contributed by atoms with van der Waals surface area (Å²) in [6.07, 6.45) is 1.70. The van der Waals surface area contributed by atoms with E-state index >= 15 is 0 Å². The highest BCUT2D eigenvalue weighted by Gasteiger charge is 2.15. The van der Waals surface area contributed by atoms with E-state index in [9.17, 15) is 0 Å². The first kappa shape index (κ1) is 22.7. The molecule has 0 radical (unpaired) electrons. The van der Waals surface area contributed by atoms with Crippen molar-refractivity contribution >= 4 is 52.7 Å². The van der Waals surface area contributed by atoms with Gasteiger partial charge in [0.05, 0.1) is 29.5 Å². The fourth-order valence-corrected chi connectivity index (χ4v) is 4.34. The Morgan fingerprint density at radius 3 is 2.26 bits per heavy atom. The fourth-order valence-electron chi connectivity index (χ4n) is 3.51. The van der Waals surface area contributed by atoms with Gasteiger partial charge in [0.2, 0.25) is 0 Å². The fraction of sp³-hybridized carbons (Fsp3) is 0.0870. The van der Waals surface area contributed by atoms with Gasteiger partial charge >= 0.3 is 0 Å². The summed E-state index contributed by atoms with van der Waals surface area (Å²) < 4.78 is 4.07. The highest BCUT2D eigenvalue weighted by atomic mass is 35.5. The molecule has 0 spiro atoms. The SMILES string of the molecule is S=c1n(-c2ccc(Cl)cc2)c2/c(=N\Nc3cc(Cl)ccc3Cl)c(n1-c1ccccn1)=NCCN=2. The van der Waals surface area contributed by atoms with Gasteiger partial charge < -0.3 is 0 Å². The van der Waals surface area contributed by atoms with Crippen molar-refractivity contribution in [1.82, 2.24) is 14.1 Å². The third-order valence-electron chi connectivity index (χ3n) is 5.03. The van der Waals surface area contributed by atoms with Gasteiger partial charge in [-0.3, -0.25) is 24.5 Å². The van der Waals surface area contributed by atoms with Gasteiger partial charge in [-0.2, -0.15) is 5.10 Å². The number of aromatic nitrogens is 3. The van der Waals surface area contributed by atoms with Gasteiger partial charge in [0.25, 0.3) is 0 Å². The van der Waals surface area contributed by atoms with Crippen LogP contribution in [0.2, 0.25) is 15.1 Å². The number of hydrogen-bond donors (Lipinski definition) is 1. The number of nitrogens with zero attached hydrogens (tertiary/aromatic N) is 6. The molecule has 4 aromatic rings. The summed E-state index contributed by atoms with van der Waals surface area (Å²) in [7, 11) is 0. The van der Waals surface area contributed by atoms with E-state index in [2.05, 4.69) is 15.5 Å². The Kier molecular flexibility index (Phi) is 6.47. The van der Waals surface area contributed by atoms with Crippen molar-refractivity contribution < 1.29 is 0 Å². The number of fused-ring (bicyclic) bond motifs is 2. The maximum Gasteiger partial charge on any atom is 0.193 e. The zero-order valence-electron chi connectivity index (χ0n) is 17.5. The number of nitrogens with one attached hydrogen (secondary N) is 1. The van der Waals surface area contributed by atoms with Crippen LogP contribution < -0.4 is 21.8 Å². The van der Waals surface area contributed by atoms with E-state index in [1.165, 1.54) is 0 Å². The van der Waals surface area contributed by atoms with Gasteiger partial charge in [-0.25, -0.2) is 4.98 Å². The number of hydrogen-bond acceptors (Lipinski definition) is 6. The molecule has 7 nitrogen and oxygen atoms in total. The summed E-state index contributed by atoms with van der Waals surface area (Å²) in [4.78, 5) is 14.0. The maximum absolute atomic E-state index is 6.34. The molecule has 0 fully saturated rings. The summed E-state index contributed by atoms with van der Waals surface area (Å²) in [6.45, 7) is 0.939. The van der Waals surface area contributed by atoms with Gasteiger partial charge in [0, 0.05) is 16.2 Å². The van der Waals surface area contributed by atoms with Crippen molar-refractivity contribution in [1.29, 1.82) is 0 Å². The van der Waals surface area contributed by atoms with Crippen LogP contribution in [-0.2, 0) is 0 Å². The molecule has 1 aliphatic heterocycles. The molecule has 34 heavy (non-hydrogen) atoms. The van der Waals surface area contributed by atoms with Gasteiger partial charge in [-0.1, -0.05) is 40.9 Å². The van der Waals surface area contributed by atoms with E-state index in [0.29, 0.717) is 60.8 Å². The molecule has 0 amide bonds. The smallest absolute Gasteiger partial charge is 0.193 e. The molecule has 1 aliphatic rings. The topological polar surface area (TPSA) is 71.9 Å². The largest absolute Gasteiger partial charge is 0.276 e. The highest BCUT2D eigenvalue weighted by Crippen LogP contribution is 2.25. The minimum Gasteiger partial charge on any atom is -0.276 e. The third-order valence-corrected chi connectivity index (χ3v) is 6.21. The van der Waals surface area contributed by atoms with E-state index in [0.717, 1.165) is 5.69 Å². The molecule has 0 unspecified atom stereocenters. The molecule has 2 bridgehead atoms. The van der Waals surface area contributed by atoms with E-state index in [-0.39, 0.29) is 0 Å². The van der Waals surface area contributed by atoms with Crippen LogP contribution in [0.3, 0.4) is 0 Å². The summed E-state index contributed by atoms with van der Waals surface area (Å²) in [5.41, 5.74) is 5.45. The number of benzene rings is 2. The lowest BCUT2D eigenvalue weighted by Gasteiger charge is -2.14. The number of rotatable bonds is 4. The second-order valence-electron chi connectivity index (χ2n) is 7.22. The van der Waals surface area contributed by atoms with E-state index in [1.54, 1.807) is 41.1 Å². The number of anilines is 1. The monoisotopic (exact) mass is 527 g/mol. The van der Waals surface area contributed by atoms with E-state index in [1.807, 2.05) is 34.9 Å². The first-order valence-electron chi connectivity index (χ1n) is 10.2. The Morgan fingerprint density at radius 1 is 0.853 bits per heavy atom. The van der Waals surface area contributed by atoms with Crippen molar-refractivity contribution in [2.45, 2.75) is 0 Å². The molecule has 1 N–H and O–H groups in total. The molecule has 0 saturated heterocycles. The number of pyridine rings is 1. The first-order chi connectivity index (χ1) is 16.5. The van der Waals surface area contributed by atoms with Crippen molar-refractivity contribution in [3.05, 3.63) is 103 Å². The van der Waals surface area contributed by atoms with Crippen molar-refractivity contribution in [2.24, 2.45) is 15.1 Å². The standard InChI is InChI=1S/C23H16Cl3N7S/c24-14-4-7-16(8-5-14)32-21-20(31-30-18-13-15(25)6-9-17(18)26)22(29-12-11-28-21)33(23(32)34)19-3-1-2-10-27-19/h1-10,13,30H,11-12H2/b31-20+. The Balaban J connectivity index is 1.88. The maximum atomic E-state index is 6.34. The van der Waals surface area contributed by atoms with Crippen LogP contribution in [0.25, 0.3) is 11.5 Å². The van der Waals surface area contributed by atoms with Crippen LogP contribution in [-0.4, -0.2) is 27.2 Å². The van der Waals surface area contributed by atoms with Crippen LogP contribution in [0, 0.1) is 4.77 Å². The van der Waals surface area contributed by atoms with E-state index in [4.69, 9.17) is 57.0 Å². The Labute approximate surface area is 214 Å². The molecule has 2 aromatic heterocycles. The van der Waals surface area contributed by atoms with Crippen LogP contribution in [0.15, 0.2) is 81.9 Å². The Bertz CT molecular complexity index is 1630. The number of halogens is 3. The van der Waals surface area contributed by atoms with Gasteiger partial charge in [0.1, 0.15) is 5.82 Å². The quantitative estimate of drug-likeness (QED) is 0.312. The van der Waals surface area contributed by atoms with Crippen molar-refractivity contribution in [3.63, 3.8) is 0 Å².